The average molecular weight is 669 g/mol. The summed E-state index contributed by atoms with van der Waals surface area (Å²) in [6, 6.07) is 0. The zero-order valence-corrected chi connectivity index (χ0v) is 32.0. The second-order valence-electron chi connectivity index (χ2n) is 10.6. The van der Waals surface area contributed by atoms with E-state index in [1.807, 2.05) is 0 Å². The predicted octanol–water partition coefficient (Wildman–Crippen LogP) is -5.45. The maximum absolute atomic E-state index is 11.7. The maximum Gasteiger partial charge on any atom is 1.00 e. The van der Waals surface area contributed by atoms with E-state index in [0.717, 1.165) is 51.4 Å². The van der Waals surface area contributed by atoms with Gasteiger partial charge in [-0.15, -0.1) is 0 Å². The zero-order valence-electron chi connectivity index (χ0n) is 28.0. The third kappa shape index (κ3) is 22.6. The summed E-state index contributed by atoms with van der Waals surface area (Å²) in [5, 5.41) is 21.1. The van der Waals surface area contributed by atoms with Gasteiger partial charge in [0.05, 0.1) is 13.1 Å². The number of amidine groups is 2. The van der Waals surface area contributed by atoms with Crippen LogP contribution in [0.2, 0.25) is 0 Å². The number of carboxylic acid groups (broad SMARTS) is 2. The summed E-state index contributed by atoms with van der Waals surface area (Å²) in [5.74, 6) is -4.31. The molecule has 2 rings (SSSR count). The fourth-order valence-electron chi connectivity index (χ4n) is 4.47. The van der Waals surface area contributed by atoms with Crippen LogP contribution in [0.25, 0.3) is 0 Å². The second kappa shape index (κ2) is 28.2. The summed E-state index contributed by atoms with van der Waals surface area (Å²) in [4.78, 5) is 78.5. The number of ether oxygens (including phenoxy) is 2. The molecule has 2 aliphatic rings. The van der Waals surface area contributed by atoms with Crippen LogP contribution in [-0.2, 0) is 38.2 Å². The Morgan fingerprint density at radius 3 is 1.26 bits per heavy atom. The van der Waals surface area contributed by atoms with E-state index in [-0.39, 0.29) is 97.9 Å². The molecule has 2 aliphatic heterocycles. The van der Waals surface area contributed by atoms with Crippen molar-refractivity contribution >= 4 is 47.5 Å². The van der Waals surface area contributed by atoms with Crippen molar-refractivity contribution in [2.75, 3.05) is 39.3 Å². The molecule has 0 bridgehead atoms. The van der Waals surface area contributed by atoms with E-state index in [0.29, 0.717) is 50.7 Å². The number of unbranched alkanes of at least 4 members (excludes halogenated alkanes) is 8. The SMILES string of the molecule is CCCCCCCC(=O)OC(=O)CN1CCN=C1CC(=O)[O-].CCCCCCCC(=O)OC(=O)CN1CCN=C1CC(=O)[O-].[Na+].[Na+]. The van der Waals surface area contributed by atoms with Gasteiger partial charge in [0.1, 0.15) is 24.8 Å². The van der Waals surface area contributed by atoms with Crippen LogP contribution >= 0.6 is 0 Å². The first-order valence-electron chi connectivity index (χ1n) is 15.5. The van der Waals surface area contributed by atoms with E-state index in [9.17, 15) is 39.0 Å². The minimum absolute atomic E-state index is 0. The van der Waals surface area contributed by atoms with Crippen LogP contribution in [0.4, 0.5) is 0 Å². The molecule has 0 spiro atoms. The molecule has 14 nitrogen and oxygen atoms in total. The molecule has 0 unspecified atom stereocenters. The summed E-state index contributed by atoms with van der Waals surface area (Å²) in [6.07, 6.45) is 9.83. The van der Waals surface area contributed by atoms with E-state index in [1.165, 1.54) is 9.80 Å². The van der Waals surface area contributed by atoms with Crippen LogP contribution in [0.5, 0.6) is 0 Å². The molecule has 0 amide bonds. The van der Waals surface area contributed by atoms with Crippen LogP contribution in [0.3, 0.4) is 0 Å². The summed E-state index contributed by atoms with van der Waals surface area (Å²) in [5.41, 5.74) is 0. The Kier molecular flexibility index (Phi) is 28.4. The third-order valence-corrected chi connectivity index (χ3v) is 6.73. The maximum atomic E-state index is 11.7. The van der Waals surface area contributed by atoms with Gasteiger partial charge < -0.3 is 39.1 Å². The molecule has 0 fully saturated rings. The number of carboxylic acids is 2. The first kappa shape index (κ1) is 46.3. The molecule has 0 N–H and O–H groups in total. The van der Waals surface area contributed by atoms with E-state index < -0.39 is 35.8 Å². The van der Waals surface area contributed by atoms with Gasteiger partial charge in [0, 0.05) is 50.7 Å². The summed E-state index contributed by atoms with van der Waals surface area (Å²) in [6.45, 7) is 5.67. The molecule has 0 aromatic heterocycles. The molecule has 46 heavy (non-hydrogen) atoms. The largest absolute Gasteiger partial charge is 1.00 e. The van der Waals surface area contributed by atoms with E-state index >= 15 is 0 Å². The molecule has 0 aromatic rings. The second-order valence-corrected chi connectivity index (χ2v) is 10.6. The van der Waals surface area contributed by atoms with Gasteiger partial charge in [0.25, 0.3) is 0 Å². The first-order chi connectivity index (χ1) is 21.0. The van der Waals surface area contributed by atoms with Crippen LogP contribution in [0.1, 0.15) is 104 Å². The molecule has 0 aliphatic carbocycles. The molecule has 0 aromatic carbocycles. The quantitative estimate of drug-likeness (QED) is 0.0517. The minimum Gasteiger partial charge on any atom is -0.550 e. The van der Waals surface area contributed by atoms with Crippen molar-refractivity contribution in [1.82, 2.24) is 9.80 Å². The molecule has 0 saturated carbocycles. The van der Waals surface area contributed by atoms with Gasteiger partial charge in [-0.3, -0.25) is 19.6 Å². The van der Waals surface area contributed by atoms with Gasteiger partial charge >= 0.3 is 83.0 Å². The predicted molar refractivity (Wildman–Crippen MR) is 156 cm³/mol. The van der Waals surface area contributed by atoms with Crippen LogP contribution in [-0.4, -0.2) is 96.6 Å². The Labute approximate surface area is 315 Å². The Hall–Kier alpha value is -1.84. The summed E-state index contributed by atoms with van der Waals surface area (Å²) in [7, 11) is 0. The number of nitrogens with zero attached hydrogens (tertiary/aromatic N) is 4. The summed E-state index contributed by atoms with van der Waals surface area (Å²) < 4.78 is 9.47. The molecule has 0 atom stereocenters. The van der Waals surface area contributed by atoms with Crippen molar-refractivity contribution in [2.24, 2.45) is 9.98 Å². The number of aliphatic carboxylic acids is 2. The van der Waals surface area contributed by atoms with Crippen LogP contribution in [0, 0.1) is 0 Å². The van der Waals surface area contributed by atoms with Crippen molar-refractivity contribution in [1.29, 1.82) is 0 Å². The minimum atomic E-state index is -1.25. The van der Waals surface area contributed by atoms with E-state index in [2.05, 4.69) is 23.8 Å². The normalized spacial score (nSPS) is 13.3. The van der Waals surface area contributed by atoms with Crippen LogP contribution < -0.4 is 69.3 Å². The molecule has 0 radical (unpaired) electrons. The van der Waals surface area contributed by atoms with Crippen molar-refractivity contribution in [3.63, 3.8) is 0 Å². The average Bonchev–Trinajstić information content (AvgIpc) is 3.56. The van der Waals surface area contributed by atoms with Crippen LogP contribution in [0.15, 0.2) is 9.98 Å². The molecule has 0 saturated heterocycles. The van der Waals surface area contributed by atoms with Crippen molar-refractivity contribution in [2.45, 2.75) is 104 Å². The monoisotopic (exact) mass is 668 g/mol. The Balaban J connectivity index is 0. The number of hydrogen-bond donors (Lipinski definition) is 0. The van der Waals surface area contributed by atoms with Gasteiger partial charge in [-0.05, 0) is 12.8 Å². The fourth-order valence-corrected chi connectivity index (χ4v) is 4.47. The molecular weight excluding hydrogens is 622 g/mol. The van der Waals surface area contributed by atoms with Gasteiger partial charge in [0.15, 0.2) is 0 Å². The standard InChI is InChI=1S/2C15H24N2O5.2Na/c2*1-2-3-4-5-6-7-14(20)22-15(21)11-17-9-8-16-12(17)10-13(18)19;;/h2*2-11H2,1H3,(H,18,19);;/q;;2*+1/p-2. The number of carbonyl (C=O) groups excluding carboxylic acids is 6. The fraction of sp³-hybridized carbons (Fsp3) is 0.733. The Bertz CT molecular complexity index is 959. The number of hydrogen-bond acceptors (Lipinski definition) is 14. The zero-order chi connectivity index (χ0) is 32.7. The third-order valence-electron chi connectivity index (χ3n) is 6.73. The topological polar surface area (TPSA) is 198 Å². The first-order valence-corrected chi connectivity index (χ1v) is 15.5. The van der Waals surface area contributed by atoms with Crippen molar-refractivity contribution in [3.8, 4) is 0 Å². The molecular formula is C30H46N4Na2O10. The van der Waals surface area contributed by atoms with Crippen molar-refractivity contribution in [3.05, 3.63) is 0 Å². The Morgan fingerprint density at radius 2 is 0.935 bits per heavy atom. The molecule has 16 heteroatoms. The molecule has 248 valence electrons. The smallest absolute Gasteiger partial charge is 0.550 e. The number of esters is 4. The van der Waals surface area contributed by atoms with Gasteiger partial charge in [0.2, 0.25) is 0 Å². The van der Waals surface area contributed by atoms with Gasteiger partial charge in [-0.2, -0.15) is 0 Å². The number of rotatable bonds is 20. The van der Waals surface area contributed by atoms with Crippen molar-refractivity contribution < 1.29 is 108 Å². The van der Waals surface area contributed by atoms with E-state index in [1.54, 1.807) is 0 Å². The van der Waals surface area contributed by atoms with E-state index in [4.69, 9.17) is 9.47 Å². The molecule has 2 heterocycles. The van der Waals surface area contributed by atoms with Gasteiger partial charge in [-0.1, -0.05) is 65.2 Å². The summed E-state index contributed by atoms with van der Waals surface area (Å²) >= 11 is 0. The Morgan fingerprint density at radius 1 is 0.587 bits per heavy atom. The number of carbonyl (C=O) groups is 6. The number of aliphatic imine (C=N–C) groups is 2. The van der Waals surface area contributed by atoms with Gasteiger partial charge in [-0.25, -0.2) is 9.59 Å².